The fraction of sp³-hybridized carbons (Fsp3) is 0.457. The summed E-state index contributed by atoms with van der Waals surface area (Å²) in [6, 6.07) is 29.3. The Kier molecular flexibility index (Phi) is 8.71. The molecular formula is C35H45N3O3. The molecule has 0 aromatic heterocycles. The first-order chi connectivity index (χ1) is 19.6. The lowest BCUT2D eigenvalue weighted by Gasteiger charge is -2.48. The van der Waals surface area contributed by atoms with E-state index in [0.717, 1.165) is 25.4 Å². The number of hydrogen-bond donors (Lipinski definition) is 0. The van der Waals surface area contributed by atoms with E-state index in [4.69, 9.17) is 9.47 Å². The van der Waals surface area contributed by atoms with Crippen LogP contribution in [0.4, 0.5) is 4.79 Å². The van der Waals surface area contributed by atoms with Crippen LogP contribution in [0.3, 0.4) is 0 Å². The van der Waals surface area contributed by atoms with Crippen LogP contribution in [0.1, 0.15) is 68.8 Å². The van der Waals surface area contributed by atoms with Crippen LogP contribution in [0.15, 0.2) is 78.9 Å². The van der Waals surface area contributed by atoms with Gasteiger partial charge in [0.15, 0.2) is 0 Å². The molecule has 6 heteroatoms. The third kappa shape index (κ3) is 6.94. The highest BCUT2D eigenvalue weighted by atomic mass is 16.6. The molecule has 6 nitrogen and oxygen atoms in total. The summed E-state index contributed by atoms with van der Waals surface area (Å²) < 4.78 is 11.2. The van der Waals surface area contributed by atoms with Crippen LogP contribution in [0.25, 0.3) is 0 Å². The van der Waals surface area contributed by atoms with Crippen LogP contribution in [0.5, 0.6) is 5.75 Å². The first-order valence-electron chi connectivity index (χ1n) is 14.9. The van der Waals surface area contributed by atoms with Gasteiger partial charge in [0.25, 0.3) is 0 Å². The van der Waals surface area contributed by atoms with Crippen molar-refractivity contribution in [1.29, 1.82) is 0 Å². The number of carbonyl (C=O) groups is 1. The van der Waals surface area contributed by atoms with Crippen molar-refractivity contribution in [2.45, 2.75) is 70.8 Å². The number of benzene rings is 3. The standard InChI is InChI=1S/C35H45N3O3/c1-25-21-38(26(2)20-36(25)22-27-11-8-7-9-12-27)33(30-13-10-14-32(19-30)40-6)29-17-15-28(16-18-29)31-23-37(24-31)34(39)41-35(3,4)5/h7-19,25-26,31,33H,20-24H2,1-6H3/t25-,26+,33-/m1/s1. The van der Waals surface area contributed by atoms with Crippen molar-refractivity contribution in [2.24, 2.45) is 0 Å². The van der Waals surface area contributed by atoms with E-state index in [1.54, 1.807) is 12.0 Å². The van der Waals surface area contributed by atoms with Gasteiger partial charge in [0.2, 0.25) is 0 Å². The lowest BCUT2D eigenvalue weighted by atomic mass is 9.88. The van der Waals surface area contributed by atoms with E-state index >= 15 is 0 Å². The van der Waals surface area contributed by atoms with E-state index in [0.29, 0.717) is 31.1 Å². The number of likely N-dealkylation sites (tertiary alicyclic amines) is 1. The minimum atomic E-state index is -0.472. The molecule has 1 amide bonds. The Morgan fingerprint density at radius 1 is 0.854 bits per heavy atom. The van der Waals surface area contributed by atoms with Gasteiger partial charge in [0, 0.05) is 50.7 Å². The zero-order chi connectivity index (χ0) is 29.1. The molecule has 2 fully saturated rings. The van der Waals surface area contributed by atoms with Crippen molar-refractivity contribution in [3.63, 3.8) is 0 Å². The molecule has 2 aliphatic rings. The van der Waals surface area contributed by atoms with E-state index in [9.17, 15) is 4.79 Å². The van der Waals surface area contributed by atoms with Gasteiger partial charge in [-0.1, -0.05) is 66.7 Å². The van der Waals surface area contributed by atoms with Gasteiger partial charge in [-0.25, -0.2) is 4.79 Å². The predicted octanol–water partition coefficient (Wildman–Crippen LogP) is 6.71. The van der Waals surface area contributed by atoms with Crippen molar-refractivity contribution in [3.05, 3.63) is 101 Å². The molecule has 5 rings (SSSR count). The lowest BCUT2D eigenvalue weighted by Crippen LogP contribution is -2.56. The molecule has 0 N–H and O–H groups in total. The van der Waals surface area contributed by atoms with Crippen molar-refractivity contribution in [3.8, 4) is 5.75 Å². The average Bonchev–Trinajstić information content (AvgIpc) is 2.91. The van der Waals surface area contributed by atoms with Gasteiger partial charge in [0.05, 0.1) is 13.2 Å². The minimum Gasteiger partial charge on any atom is -0.497 e. The molecule has 218 valence electrons. The summed E-state index contributed by atoms with van der Waals surface area (Å²) >= 11 is 0. The Balaban J connectivity index is 1.34. The van der Waals surface area contributed by atoms with Crippen molar-refractivity contribution >= 4 is 6.09 Å². The zero-order valence-electron chi connectivity index (χ0n) is 25.4. The number of nitrogens with zero attached hydrogens (tertiary/aromatic N) is 3. The predicted molar refractivity (Wildman–Crippen MR) is 164 cm³/mol. The highest BCUT2D eigenvalue weighted by Crippen LogP contribution is 2.36. The van der Waals surface area contributed by atoms with Crippen LogP contribution in [-0.4, -0.2) is 71.8 Å². The number of ether oxygens (including phenoxy) is 2. The summed E-state index contributed by atoms with van der Waals surface area (Å²) in [7, 11) is 1.73. The number of hydrogen-bond acceptors (Lipinski definition) is 5. The molecule has 3 aromatic carbocycles. The second kappa shape index (κ2) is 12.3. The monoisotopic (exact) mass is 555 g/mol. The molecule has 3 aromatic rings. The van der Waals surface area contributed by atoms with E-state index < -0.39 is 5.60 Å². The number of carbonyl (C=O) groups excluding carboxylic acids is 1. The van der Waals surface area contributed by atoms with E-state index in [-0.39, 0.29) is 12.1 Å². The number of piperazine rings is 1. The second-order valence-corrected chi connectivity index (χ2v) is 12.7. The number of methoxy groups -OCH3 is 1. The van der Waals surface area contributed by atoms with Gasteiger partial charge in [-0.3, -0.25) is 9.80 Å². The highest BCUT2D eigenvalue weighted by molar-refractivity contribution is 5.69. The number of amides is 1. The van der Waals surface area contributed by atoms with E-state index in [1.165, 1.54) is 22.3 Å². The molecule has 0 spiro atoms. The van der Waals surface area contributed by atoms with Gasteiger partial charge in [-0.05, 0) is 69.0 Å². The smallest absolute Gasteiger partial charge is 0.410 e. The Labute approximate surface area is 245 Å². The van der Waals surface area contributed by atoms with Crippen molar-refractivity contribution in [2.75, 3.05) is 33.3 Å². The lowest BCUT2D eigenvalue weighted by molar-refractivity contribution is 0.00818. The number of rotatable bonds is 7. The van der Waals surface area contributed by atoms with Crippen molar-refractivity contribution in [1.82, 2.24) is 14.7 Å². The SMILES string of the molecule is COc1cccc([C@@H](c2ccc(C3CN(C(=O)OC(C)(C)C)C3)cc2)N2C[C@@H](C)N(Cc3ccccc3)C[C@@H]2C)c1. The molecule has 0 aliphatic carbocycles. The molecular weight excluding hydrogens is 510 g/mol. The third-order valence-corrected chi connectivity index (χ3v) is 8.39. The molecule has 0 radical (unpaired) electrons. The minimum absolute atomic E-state index is 0.120. The Hall–Kier alpha value is -3.35. The fourth-order valence-corrected chi connectivity index (χ4v) is 6.13. The Morgan fingerprint density at radius 3 is 2.22 bits per heavy atom. The molecule has 0 unspecified atom stereocenters. The molecule has 2 saturated heterocycles. The Morgan fingerprint density at radius 2 is 1.56 bits per heavy atom. The first kappa shape index (κ1) is 29.2. The normalized spacial score (nSPS) is 21.3. The molecule has 3 atom stereocenters. The third-order valence-electron chi connectivity index (χ3n) is 8.39. The molecule has 0 bridgehead atoms. The van der Waals surface area contributed by atoms with Crippen LogP contribution in [0, 0.1) is 0 Å². The van der Waals surface area contributed by atoms with Crippen LogP contribution >= 0.6 is 0 Å². The zero-order valence-corrected chi connectivity index (χ0v) is 25.4. The maximum absolute atomic E-state index is 12.4. The largest absolute Gasteiger partial charge is 0.497 e. The summed E-state index contributed by atoms with van der Waals surface area (Å²) in [6.45, 7) is 14.8. The second-order valence-electron chi connectivity index (χ2n) is 12.7. The van der Waals surface area contributed by atoms with Gasteiger partial charge in [0.1, 0.15) is 11.4 Å². The summed E-state index contributed by atoms with van der Waals surface area (Å²) in [5.74, 6) is 1.22. The van der Waals surface area contributed by atoms with E-state index in [1.807, 2.05) is 26.8 Å². The fourth-order valence-electron chi connectivity index (χ4n) is 6.13. The maximum Gasteiger partial charge on any atom is 0.410 e. The highest BCUT2D eigenvalue weighted by Gasteiger charge is 2.37. The summed E-state index contributed by atoms with van der Waals surface area (Å²) in [4.78, 5) is 19.5. The topological polar surface area (TPSA) is 45.2 Å². The quantitative estimate of drug-likeness (QED) is 0.324. The molecule has 2 aliphatic heterocycles. The van der Waals surface area contributed by atoms with Crippen LogP contribution in [0.2, 0.25) is 0 Å². The van der Waals surface area contributed by atoms with E-state index in [2.05, 4.69) is 96.4 Å². The van der Waals surface area contributed by atoms with Crippen LogP contribution < -0.4 is 4.74 Å². The maximum atomic E-state index is 12.4. The molecule has 0 saturated carbocycles. The van der Waals surface area contributed by atoms with Gasteiger partial charge in [-0.2, -0.15) is 0 Å². The summed E-state index contributed by atoms with van der Waals surface area (Å²) in [5.41, 5.74) is 4.68. The van der Waals surface area contributed by atoms with Crippen molar-refractivity contribution < 1.29 is 14.3 Å². The van der Waals surface area contributed by atoms with Gasteiger partial charge >= 0.3 is 6.09 Å². The van der Waals surface area contributed by atoms with Gasteiger partial charge in [-0.15, -0.1) is 0 Å². The summed E-state index contributed by atoms with van der Waals surface area (Å²) in [5, 5.41) is 0. The average molecular weight is 556 g/mol. The van der Waals surface area contributed by atoms with Gasteiger partial charge < -0.3 is 14.4 Å². The Bertz CT molecular complexity index is 1300. The first-order valence-corrected chi connectivity index (χ1v) is 14.9. The molecule has 2 heterocycles. The van der Waals surface area contributed by atoms with Crippen LogP contribution in [-0.2, 0) is 11.3 Å². The molecule has 41 heavy (non-hydrogen) atoms. The summed E-state index contributed by atoms with van der Waals surface area (Å²) in [6.07, 6.45) is -0.224.